The van der Waals surface area contributed by atoms with Crippen molar-refractivity contribution in [3.05, 3.63) is 0 Å². The number of ether oxygens (including phenoxy) is 2. The van der Waals surface area contributed by atoms with E-state index in [4.69, 9.17) is 9.47 Å². The minimum atomic E-state index is -0.270. The maximum absolute atomic E-state index is 11.0. The van der Waals surface area contributed by atoms with E-state index in [0.29, 0.717) is 13.0 Å². The minimum absolute atomic E-state index is 0.0481. The molecule has 0 aromatic rings. The van der Waals surface area contributed by atoms with E-state index >= 15 is 0 Å². The molecule has 0 saturated heterocycles. The molecule has 0 spiro atoms. The molecule has 4 nitrogen and oxygen atoms in total. The van der Waals surface area contributed by atoms with E-state index in [1.54, 1.807) is 6.92 Å². The zero-order valence-corrected chi connectivity index (χ0v) is 9.75. The van der Waals surface area contributed by atoms with E-state index in [9.17, 15) is 9.59 Å². The second-order valence-corrected chi connectivity index (χ2v) is 3.36. The van der Waals surface area contributed by atoms with Crippen molar-refractivity contribution in [2.24, 2.45) is 0 Å². The Labute approximate surface area is 90.9 Å². The van der Waals surface area contributed by atoms with Crippen molar-refractivity contribution in [3.8, 4) is 0 Å². The van der Waals surface area contributed by atoms with Crippen LogP contribution in [0.3, 0.4) is 0 Å². The van der Waals surface area contributed by atoms with Gasteiger partial charge in [-0.3, -0.25) is 9.59 Å². The Hall–Kier alpha value is -1.06. The van der Waals surface area contributed by atoms with E-state index in [0.717, 1.165) is 19.3 Å². The molecule has 15 heavy (non-hydrogen) atoms. The Kier molecular flexibility index (Phi) is 7.68. The van der Waals surface area contributed by atoms with E-state index in [-0.39, 0.29) is 18.0 Å². The average Bonchev–Trinajstić information content (AvgIpc) is 2.21. The molecule has 0 amide bonds. The molecule has 0 radical (unpaired) electrons. The Balaban J connectivity index is 3.61. The molecule has 0 saturated carbocycles. The summed E-state index contributed by atoms with van der Waals surface area (Å²) in [4.78, 5) is 21.5. The summed E-state index contributed by atoms with van der Waals surface area (Å²) in [6.07, 6.45) is 2.63. The van der Waals surface area contributed by atoms with Gasteiger partial charge in [-0.15, -0.1) is 0 Å². The van der Waals surface area contributed by atoms with Crippen molar-refractivity contribution in [3.63, 3.8) is 0 Å². The summed E-state index contributed by atoms with van der Waals surface area (Å²) < 4.78 is 9.97. The summed E-state index contributed by atoms with van der Waals surface area (Å²) >= 11 is 0. The number of hydrogen-bond donors (Lipinski definition) is 0. The van der Waals surface area contributed by atoms with Crippen LogP contribution in [0.25, 0.3) is 0 Å². The molecule has 0 aliphatic rings. The highest BCUT2D eigenvalue weighted by Crippen LogP contribution is 2.08. The van der Waals surface area contributed by atoms with Crippen LogP contribution in [0.4, 0.5) is 0 Å². The fourth-order valence-corrected chi connectivity index (χ4v) is 1.14. The molecule has 1 atom stereocenters. The van der Waals surface area contributed by atoms with Gasteiger partial charge >= 0.3 is 11.9 Å². The van der Waals surface area contributed by atoms with Gasteiger partial charge in [-0.05, 0) is 19.3 Å². The smallest absolute Gasteiger partial charge is 0.305 e. The fourth-order valence-electron chi connectivity index (χ4n) is 1.14. The first-order valence-electron chi connectivity index (χ1n) is 5.43. The number of carbonyl (C=O) groups excluding carboxylic acids is 2. The fraction of sp³-hybridized carbons (Fsp3) is 0.818. The van der Waals surface area contributed by atoms with E-state index in [1.807, 2.05) is 6.92 Å². The van der Waals surface area contributed by atoms with Crippen molar-refractivity contribution < 1.29 is 19.1 Å². The van der Waals surface area contributed by atoms with Gasteiger partial charge in [-0.1, -0.05) is 13.8 Å². The lowest BCUT2D eigenvalue weighted by atomic mass is 10.1. The molecule has 4 heteroatoms. The highest BCUT2D eigenvalue weighted by atomic mass is 16.5. The first-order valence-corrected chi connectivity index (χ1v) is 5.43. The molecule has 88 valence electrons. The molecular weight excluding hydrogens is 196 g/mol. The monoisotopic (exact) mass is 216 g/mol. The molecular formula is C11H20O4. The highest BCUT2D eigenvalue weighted by molar-refractivity contribution is 5.69. The maximum atomic E-state index is 11.0. The van der Waals surface area contributed by atoms with Crippen molar-refractivity contribution in [2.75, 3.05) is 6.61 Å². The summed E-state index contributed by atoms with van der Waals surface area (Å²) in [5, 5.41) is 0. The van der Waals surface area contributed by atoms with Gasteiger partial charge in [0.25, 0.3) is 0 Å². The predicted octanol–water partition coefficient (Wildman–Crippen LogP) is 2.06. The van der Waals surface area contributed by atoms with Crippen LogP contribution in [-0.4, -0.2) is 24.6 Å². The third-order valence-corrected chi connectivity index (χ3v) is 2.02. The second-order valence-electron chi connectivity index (χ2n) is 3.36. The molecule has 0 aliphatic heterocycles. The van der Waals surface area contributed by atoms with Crippen LogP contribution in [0.15, 0.2) is 0 Å². The van der Waals surface area contributed by atoms with Crippen LogP contribution < -0.4 is 0 Å². The van der Waals surface area contributed by atoms with Gasteiger partial charge in [0.15, 0.2) is 0 Å². The number of hydrogen-bond acceptors (Lipinski definition) is 4. The van der Waals surface area contributed by atoms with E-state index < -0.39 is 0 Å². The number of carbonyl (C=O) groups is 2. The highest BCUT2D eigenvalue weighted by Gasteiger charge is 2.10. The van der Waals surface area contributed by atoms with Crippen LogP contribution in [0, 0.1) is 0 Å². The number of rotatable bonds is 7. The quantitative estimate of drug-likeness (QED) is 0.483. The molecule has 0 bridgehead atoms. The SMILES string of the molecule is CCC(=O)OC(CC)CCCOC(C)=O. The predicted molar refractivity (Wildman–Crippen MR) is 56.3 cm³/mol. The molecule has 0 aromatic carbocycles. The molecule has 0 aromatic heterocycles. The Morgan fingerprint density at radius 3 is 2.40 bits per heavy atom. The summed E-state index contributed by atoms with van der Waals surface area (Å²) in [6, 6.07) is 0. The first kappa shape index (κ1) is 13.9. The normalized spacial score (nSPS) is 11.9. The first-order chi connectivity index (χ1) is 7.10. The Morgan fingerprint density at radius 1 is 1.27 bits per heavy atom. The lowest BCUT2D eigenvalue weighted by molar-refractivity contribution is -0.150. The van der Waals surface area contributed by atoms with Gasteiger partial charge in [0.1, 0.15) is 6.10 Å². The van der Waals surface area contributed by atoms with Crippen LogP contribution in [0.1, 0.15) is 46.5 Å². The summed E-state index contributed by atoms with van der Waals surface area (Å²) in [5.74, 6) is -0.442. The van der Waals surface area contributed by atoms with Gasteiger partial charge in [-0.2, -0.15) is 0 Å². The summed E-state index contributed by atoms with van der Waals surface area (Å²) in [7, 11) is 0. The van der Waals surface area contributed by atoms with Gasteiger partial charge in [-0.25, -0.2) is 0 Å². The average molecular weight is 216 g/mol. The van der Waals surface area contributed by atoms with Crippen molar-refractivity contribution in [1.82, 2.24) is 0 Å². The zero-order valence-electron chi connectivity index (χ0n) is 9.75. The third kappa shape index (κ3) is 7.97. The molecule has 0 rings (SSSR count). The zero-order chi connectivity index (χ0) is 11.7. The van der Waals surface area contributed by atoms with Crippen LogP contribution in [0.2, 0.25) is 0 Å². The molecule has 0 aliphatic carbocycles. The lowest BCUT2D eigenvalue weighted by Gasteiger charge is -2.15. The van der Waals surface area contributed by atoms with Crippen LogP contribution in [0.5, 0.6) is 0 Å². The lowest BCUT2D eigenvalue weighted by Crippen LogP contribution is -2.17. The Morgan fingerprint density at radius 2 is 1.93 bits per heavy atom. The van der Waals surface area contributed by atoms with Crippen LogP contribution in [-0.2, 0) is 19.1 Å². The Bertz CT molecular complexity index is 201. The minimum Gasteiger partial charge on any atom is -0.466 e. The molecule has 0 fully saturated rings. The van der Waals surface area contributed by atoms with Crippen molar-refractivity contribution >= 4 is 11.9 Å². The summed E-state index contributed by atoms with van der Waals surface area (Å²) in [5.41, 5.74) is 0. The van der Waals surface area contributed by atoms with Gasteiger partial charge in [0, 0.05) is 13.3 Å². The van der Waals surface area contributed by atoms with Gasteiger partial charge in [0.05, 0.1) is 6.61 Å². The third-order valence-electron chi connectivity index (χ3n) is 2.02. The number of esters is 2. The topological polar surface area (TPSA) is 52.6 Å². The maximum Gasteiger partial charge on any atom is 0.305 e. The van der Waals surface area contributed by atoms with Gasteiger partial charge in [0.2, 0.25) is 0 Å². The van der Waals surface area contributed by atoms with E-state index in [1.165, 1.54) is 6.92 Å². The second kappa shape index (κ2) is 8.26. The standard InChI is InChI=1S/C11H20O4/c1-4-10(15-11(13)5-2)7-6-8-14-9(3)12/h10H,4-8H2,1-3H3. The summed E-state index contributed by atoms with van der Waals surface area (Å²) in [6.45, 7) is 5.53. The van der Waals surface area contributed by atoms with Crippen LogP contribution >= 0.6 is 0 Å². The molecule has 1 unspecified atom stereocenters. The molecule has 0 heterocycles. The molecule has 0 N–H and O–H groups in total. The largest absolute Gasteiger partial charge is 0.466 e. The van der Waals surface area contributed by atoms with Crippen molar-refractivity contribution in [2.45, 2.75) is 52.6 Å². The van der Waals surface area contributed by atoms with E-state index in [2.05, 4.69) is 0 Å². The van der Waals surface area contributed by atoms with Crippen molar-refractivity contribution in [1.29, 1.82) is 0 Å². The van der Waals surface area contributed by atoms with Gasteiger partial charge < -0.3 is 9.47 Å².